The number of rotatable bonds is 9. The standard InChI is InChI=1S/C17H28N2O2/c1-20-11-4-9-19(10-12-21-2)14-15-6-7-17-16(13-15)5-3-8-18-17/h6-7,13,18H,3-5,8-12,14H2,1-2H3. The van der Waals surface area contributed by atoms with Gasteiger partial charge in [-0.3, -0.25) is 4.90 Å². The van der Waals surface area contributed by atoms with Gasteiger partial charge in [-0.05, 0) is 36.5 Å². The van der Waals surface area contributed by atoms with Crippen molar-refractivity contribution < 1.29 is 9.47 Å². The van der Waals surface area contributed by atoms with E-state index in [0.29, 0.717) is 0 Å². The molecule has 0 bridgehead atoms. The van der Waals surface area contributed by atoms with Gasteiger partial charge in [0.1, 0.15) is 0 Å². The number of ether oxygens (including phenoxy) is 2. The van der Waals surface area contributed by atoms with Crippen LogP contribution in [0.2, 0.25) is 0 Å². The lowest BCUT2D eigenvalue weighted by atomic mass is 10.0. The third-order valence-electron chi connectivity index (χ3n) is 3.95. The van der Waals surface area contributed by atoms with E-state index in [4.69, 9.17) is 9.47 Å². The summed E-state index contributed by atoms with van der Waals surface area (Å²) in [5, 5.41) is 3.47. The SMILES string of the molecule is COCCCN(CCOC)Cc1ccc2c(c1)CCCN2. The Bertz CT molecular complexity index is 423. The smallest absolute Gasteiger partial charge is 0.0589 e. The van der Waals surface area contributed by atoms with E-state index in [1.807, 2.05) is 0 Å². The molecule has 0 aromatic heterocycles. The molecule has 1 aliphatic heterocycles. The van der Waals surface area contributed by atoms with E-state index < -0.39 is 0 Å². The van der Waals surface area contributed by atoms with Gasteiger partial charge in [-0.2, -0.15) is 0 Å². The first-order valence-corrected chi connectivity index (χ1v) is 7.89. The van der Waals surface area contributed by atoms with Crippen LogP contribution in [0.25, 0.3) is 0 Å². The van der Waals surface area contributed by atoms with Gasteiger partial charge in [0.05, 0.1) is 6.61 Å². The van der Waals surface area contributed by atoms with Crippen molar-refractivity contribution in [2.45, 2.75) is 25.8 Å². The monoisotopic (exact) mass is 292 g/mol. The van der Waals surface area contributed by atoms with Crippen LogP contribution in [0.4, 0.5) is 5.69 Å². The molecule has 0 unspecified atom stereocenters. The Morgan fingerprint density at radius 1 is 1.14 bits per heavy atom. The van der Waals surface area contributed by atoms with Crippen molar-refractivity contribution in [2.75, 3.05) is 52.4 Å². The van der Waals surface area contributed by atoms with Crippen molar-refractivity contribution in [3.63, 3.8) is 0 Å². The summed E-state index contributed by atoms with van der Waals surface area (Å²) in [6.07, 6.45) is 3.49. The fraction of sp³-hybridized carbons (Fsp3) is 0.647. The van der Waals surface area contributed by atoms with Crippen LogP contribution in [0, 0.1) is 0 Å². The number of nitrogens with one attached hydrogen (secondary N) is 1. The summed E-state index contributed by atoms with van der Waals surface area (Å²) in [6.45, 7) is 5.70. The van der Waals surface area contributed by atoms with Crippen LogP contribution in [0.1, 0.15) is 24.0 Å². The predicted molar refractivity (Wildman–Crippen MR) is 86.9 cm³/mol. The Kier molecular flexibility index (Phi) is 7.00. The molecule has 1 N–H and O–H groups in total. The molecule has 21 heavy (non-hydrogen) atoms. The zero-order valence-corrected chi connectivity index (χ0v) is 13.4. The molecule has 4 nitrogen and oxygen atoms in total. The van der Waals surface area contributed by atoms with Gasteiger partial charge in [-0.15, -0.1) is 0 Å². The van der Waals surface area contributed by atoms with Gasteiger partial charge in [-0.1, -0.05) is 12.1 Å². The minimum atomic E-state index is 0.777. The van der Waals surface area contributed by atoms with Crippen LogP contribution in [-0.4, -0.2) is 52.0 Å². The third-order valence-corrected chi connectivity index (χ3v) is 3.95. The molecule has 118 valence electrons. The summed E-state index contributed by atoms with van der Waals surface area (Å²) in [7, 11) is 3.52. The lowest BCUT2D eigenvalue weighted by molar-refractivity contribution is 0.129. The molecule has 4 heteroatoms. The summed E-state index contributed by atoms with van der Waals surface area (Å²) in [5.74, 6) is 0. The van der Waals surface area contributed by atoms with Crippen LogP contribution >= 0.6 is 0 Å². The number of methoxy groups -OCH3 is 2. The fourth-order valence-corrected chi connectivity index (χ4v) is 2.81. The molecule has 1 aliphatic rings. The quantitative estimate of drug-likeness (QED) is 0.709. The van der Waals surface area contributed by atoms with Crippen molar-refractivity contribution in [3.8, 4) is 0 Å². The molecule has 1 aromatic carbocycles. The Labute approximate surface area is 128 Å². The highest BCUT2D eigenvalue weighted by molar-refractivity contribution is 5.54. The van der Waals surface area contributed by atoms with E-state index >= 15 is 0 Å². The molecular weight excluding hydrogens is 264 g/mol. The molecule has 0 spiro atoms. The molecule has 0 amide bonds. The largest absolute Gasteiger partial charge is 0.385 e. The minimum absolute atomic E-state index is 0.777. The van der Waals surface area contributed by atoms with E-state index in [2.05, 4.69) is 28.4 Å². The Hall–Kier alpha value is -1.10. The van der Waals surface area contributed by atoms with Crippen LogP contribution in [0.3, 0.4) is 0 Å². The van der Waals surface area contributed by atoms with Crippen LogP contribution in [0.15, 0.2) is 18.2 Å². The summed E-state index contributed by atoms with van der Waals surface area (Å²) in [6, 6.07) is 6.83. The highest BCUT2D eigenvalue weighted by atomic mass is 16.5. The van der Waals surface area contributed by atoms with Gasteiger partial charge in [0.15, 0.2) is 0 Å². The molecule has 0 saturated heterocycles. The van der Waals surface area contributed by atoms with E-state index in [1.165, 1.54) is 29.7 Å². The normalized spacial score (nSPS) is 14.0. The van der Waals surface area contributed by atoms with Crippen molar-refractivity contribution in [1.82, 2.24) is 4.90 Å². The summed E-state index contributed by atoms with van der Waals surface area (Å²) in [5.41, 5.74) is 4.17. The van der Waals surface area contributed by atoms with E-state index in [0.717, 1.165) is 45.8 Å². The average Bonchev–Trinajstić information content (AvgIpc) is 2.52. The Morgan fingerprint density at radius 2 is 2.00 bits per heavy atom. The van der Waals surface area contributed by atoms with Crippen molar-refractivity contribution >= 4 is 5.69 Å². The highest BCUT2D eigenvalue weighted by Crippen LogP contribution is 2.23. The molecule has 0 saturated carbocycles. The molecule has 0 aliphatic carbocycles. The molecule has 1 aromatic rings. The second-order valence-electron chi connectivity index (χ2n) is 5.64. The maximum absolute atomic E-state index is 5.22. The van der Waals surface area contributed by atoms with Gasteiger partial charge in [0, 0.05) is 52.7 Å². The van der Waals surface area contributed by atoms with Gasteiger partial charge < -0.3 is 14.8 Å². The van der Waals surface area contributed by atoms with Crippen LogP contribution in [0.5, 0.6) is 0 Å². The van der Waals surface area contributed by atoms with Gasteiger partial charge in [0.2, 0.25) is 0 Å². The number of aryl methyl sites for hydroxylation is 1. The van der Waals surface area contributed by atoms with Gasteiger partial charge in [-0.25, -0.2) is 0 Å². The lowest BCUT2D eigenvalue weighted by Gasteiger charge is -2.24. The summed E-state index contributed by atoms with van der Waals surface area (Å²) in [4.78, 5) is 2.44. The number of nitrogens with zero attached hydrogens (tertiary/aromatic N) is 1. The third kappa shape index (κ3) is 5.30. The van der Waals surface area contributed by atoms with E-state index in [9.17, 15) is 0 Å². The van der Waals surface area contributed by atoms with Crippen LogP contribution in [-0.2, 0) is 22.4 Å². The van der Waals surface area contributed by atoms with Gasteiger partial charge >= 0.3 is 0 Å². The zero-order chi connectivity index (χ0) is 14.9. The maximum Gasteiger partial charge on any atom is 0.0589 e. The van der Waals surface area contributed by atoms with E-state index in [1.54, 1.807) is 14.2 Å². The topological polar surface area (TPSA) is 33.7 Å². The highest BCUT2D eigenvalue weighted by Gasteiger charge is 2.11. The van der Waals surface area contributed by atoms with Crippen molar-refractivity contribution in [2.24, 2.45) is 0 Å². The first kappa shape index (κ1) is 16.3. The summed E-state index contributed by atoms with van der Waals surface area (Å²) < 4.78 is 10.4. The van der Waals surface area contributed by atoms with Gasteiger partial charge in [0.25, 0.3) is 0 Å². The molecule has 0 fully saturated rings. The molecule has 0 radical (unpaired) electrons. The molecule has 1 heterocycles. The minimum Gasteiger partial charge on any atom is -0.385 e. The zero-order valence-electron chi connectivity index (χ0n) is 13.4. The van der Waals surface area contributed by atoms with Crippen LogP contribution < -0.4 is 5.32 Å². The predicted octanol–water partition coefficient (Wildman–Crippen LogP) is 2.53. The Morgan fingerprint density at radius 3 is 2.81 bits per heavy atom. The first-order valence-electron chi connectivity index (χ1n) is 7.89. The molecular formula is C17H28N2O2. The van der Waals surface area contributed by atoms with Crippen molar-refractivity contribution in [1.29, 1.82) is 0 Å². The number of fused-ring (bicyclic) bond motifs is 1. The fourth-order valence-electron chi connectivity index (χ4n) is 2.81. The molecule has 2 rings (SSSR count). The molecule has 0 atom stereocenters. The number of hydrogen-bond acceptors (Lipinski definition) is 4. The second kappa shape index (κ2) is 9.03. The van der Waals surface area contributed by atoms with Crippen molar-refractivity contribution in [3.05, 3.63) is 29.3 Å². The average molecular weight is 292 g/mol. The lowest BCUT2D eigenvalue weighted by Crippen LogP contribution is -2.29. The number of benzene rings is 1. The second-order valence-corrected chi connectivity index (χ2v) is 5.64. The first-order chi connectivity index (χ1) is 10.3. The number of hydrogen-bond donors (Lipinski definition) is 1. The maximum atomic E-state index is 5.22. The Balaban J connectivity index is 1.94. The number of anilines is 1. The van der Waals surface area contributed by atoms with E-state index in [-0.39, 0.29) is 0 Å². The summed E-state index contributed by atoms with van der Waals surface area (Å²) >= 11 is 0.